The van der Waals surface area contributed by atoms with Crippen molar-refractivity contribution in [1.82, 2.24) is 24.8 Å². The summed E-state index contributed by atoms with van der Waals surface area (Å²) in [7, 11) is 0. The molecule has 2 unspecified atom stereocenters. The number of aliphatic hydroxyl groups excluding tert-OH is 1. The molecule has 0 spiro atoms. The number of aliphatic hydroxyl groups is 1. The molecule has 2 saturated heterocycles. The van der Waals surface area contributed by atoms with Crippen LogP contribution in [0.5, 0.6) is 0 Å². The van der Waals surface area contributed by atoms with Crippen molar-refractivity contribution in [1.29, 1.82) is 0 Å². The summed E-state index contributed by atoms with van der Waals surface area (Å²) in [6.07, 6.45) is 3.16. The third kappa shape index (κ3) is 3.90. The molecule has 8 heteroatoms. The van der Waals surface area contributed by atoms with E-state index < -0.39 is 6.10 Å². The highest BCUT2D eigenvalue weighted by atomic mass is 16.3. The van der Waals surface area contributed by atoms with E-state index in [0.717, 1.165) is 12.8 Å². The first kappa shape index (κ1) is 18.8. The topological polar surface area (TPSA) is 91.6 Å². The van der Waals surface area contributed by atoms with Crippen molar-refractivity contribution in [3.05, 3.63) is 11.9 Å². The maximum atomic E-state index is 12.8. The quantitative estimate of drug-likeness (QED) is 0.866. The maximum absolute atomic E-state index is 12.8. The Kier molecular flexibility index (Phi) is 5.05. The Labute approximate surface area is 154 Å². The Bertz CT molecular complexity index is 673. The number of amides is 2. The number of hydrogen-bond donors (Lipinski definition) is 1. The summed E-state index contributed by atoms with van der Waals surface area (Å²) in [5.74, 6) is 0.111. The van der Waals surface area contributed by atoms with Gasteiger partial charge in [0.1, 0.15) is 11.7 Å². The van der Waals surface area contributed by atoms with E-state index >= 15 is 0 Å². The van der Waals surface area contributed by atoms with E-state index in [1.54, 1.807) is 27.6 Å². The lowest BCUT2D eigenvalue weighted by molar-refractivity contribution is -0.148. The van der Waals surface area contributed by atoms with Crippen molar-refractivity contribution in [2.45, 2.75) is 65.1 Å². The van der Waals surface area contributed by atoms with Gasteiger partial charge in [0.2, 0.25) is 11.8 Å². The molecular weight excluding hydrogens is 334 g/mol. The molecule has 3 rings (SSSR count). The van der Waals surface area contributed by atoms with Crippen LogP contribution in [0.15, 0.2) is 6.20 Å². The second-order valence-electron chi connectivity index (χ2n) is 8.68. The van der Waals surface area contributed by atoms with Gasteiger partial charge in [-0.3, -0.25) is 9.59 Å². The summed E-state index contributed by atoms with van der Waals surface area (Å²) in [4.78, 5) is 29.0. The van der Waals surface area contributed by atoms with Gasteiger partial charge in [-0.25, -0.2) is 4.68 Å². The number of hydrogen-bond acceptors (Lipinski definition) is 5. The summed E-state index contributed by atoms with van der Waals surface area (Å²) >= 11 is 0. The molecule has 1 aromatic heterocycles. The van der Waals surface area contributed by atoms with E-state index in [-0.39, 0.29) is 29.3 Å². The van der Waals surface area contributed by atoms with Crippen LogP contribution in [0.2, 0.25) is 0 Å². The molecule has 0 radical (unpaired) electrons. The molecule has 2 aliphatic rings. The minimum atomic E-state index is -0.651. The summed E-state index contributed by atoms with van der Waals surface area (Å²) in [6.45, 7) is 9.57. The average molecular weight is 363 g/mol. The second-order valence-corrected chi connectivity index (χ2v) is 8.68. The van der Waals surface area contributed by atoms with Crippen LogP contribution in [-0.4, -0.2) is 67.4 Å². The molecule has 8 nitrogen and oxygen atoms in total. The molecule has 2 aliphatic heterocycles. The van der Waals surface area contributed by atoms with E-state index in [1.807, 2.05) is 20.8 Å². The van der Waals surface area contributed by atoms with E-state index in [1.165, 1.54) is 0 Å². The second kappa shape index (κ2) is 6.98. The van der Waals surface area contributed by atoms with Gasteiger partial charge in [-0.2, -0.15) is 0 Å². The molecule has 0 aliphatic carbocycles. The summed E-state index contributed by atoms with van der Waals surface area (Å²) < 4.78 is 1.71. The van der Waals surface area contributed by atoms with Crippen LogP contribution in [0, 0.1) is 5.41 Å². The SMILES string of the molecule is CC(O)c1cn(C2CN(C(=O)C3CCCN3C(=O)CC(C)(C)C)C2)nn1. The molecule has 0 saturated carbocycles. The lowest BCUT2D eigenvalue weighted by Crippen LogP contribution is -2.57. The number of carbonyl (C=O) groups excluding carboxylic acids is 2. The summed E-state index contributed by atoms with van der Waals surface area (Å²) in [5.41, 5.74) is 0.452. The van der Waals surface area contributed by atoms with Gasteiger partial charge in [0.25, 0.3) is 0 Å². The van der Waals surface area contributed by atoms with Crippen LogP contribution < -0.4 is 0 Å². The van der Waals surface area contributed by atoms with Gasteiger partial charge in [-0.15, -0.1) is 5.10 Å². The van der Waals surface area contributed by atoms with Crippen molar-refractivity contribution in [3.8, 4) is 0 Å². The summed E-state index contributed by atoms with van der Waals surface area (Å²) in [6, 6.07) is -0.242. The maximum Gasteiger partial charge on any atom is 0.245 e. The van der Waals surface area contributed by atoms with Crippen LogP contribution >= 0.6 is 0 Å². The first-order valence-electron chi connectivity index (χ1n) is 9.34. The molecule has 1 aromatic rings. The molecule has 2 amide bonds. The third-order valence-corrected chi connectivity index (χ3v) is 5.04. The molecule has 2 fully saturated rings. The zero-order valence-corrected chi connectivity index (χ0v) is 16.1. The van der Waals surface area contributed by atoms with Crippen molar-refractivity contribution in [2.75, 3.05) is 19.6 Å². The third-order valence-electron chi connectivity index (χ3n) is 5.04. The Morgan fingerprint density at radius 1 is 1.35 bits per heavy atom. The van der Waals surface area contributed by atoms with E-state index in [2.05, 4.69) is 10.3 Å². The first-order valence-corrected chi connectivity index (χ1v) is 9.34. The number of carbonyl (C=O) groups is 2. The van der Waals surface area contributed by atoms with Crippen LogP contribution in [0.25, 0.3) is 0 Å². The van der Waals surface area contributed by atoms with Crippen molar-refractivity contribution in [2.24, 2.45) is 5.41 Å². The number of nitrogens with zero attached hydrogens (tertiary/aromatic N) is 5. The highest BCUT2D eigenvalue weighted by molar-refractivity contribution is 5.89. The van der Waals surface area contributed by atoms with Crippen LogP contribution in [-0.2, 0) is 9.59 Å². The zero-order chi connectivity index (χ0) is 19.1. The predicted molar refractivity (Wildman–Crippen MR) is 95.1 cm³/mol. The standard InChI is InChI=1S/C18H29N5O3/c1-12(24)14-11-23(20-19-14)13-9-21(10-13)17(26)15-6-5-7-22(15)16(25)8-18(2,3)4/h11-13,15,24H,5-10H2,1-4H3. The predicted octanol–water partition coefficient (Wildman–Crippen LogP) is 1.14. The number of rotatable bonds is 4. The van der Waals surface area contributed by atoms with E-state index in [0.29, 0.717) is 31.7 Å². The fourth-order valence-corrected chi connectivity index (χ4v) is 3.55. The molecule has 0 bridgehead atoms. The van der Waals surface area contributed by atoms with Crippen molar-refractivity contribution >= 4 is 11.8 Å². The molecular formula is C18H29N5O3. The zero-order valence-electron chi connectivity index (χ0n) is 16.1. The fraction of sp³-hybridized carbons (Fsp3) is 0.778. The highest BCUT2D eigenvalue weighted by Gasteiger charge is 2.41. The largest absolute Gasteiger partial charge is 0.387 e. The lowest BCUT2D eigenvalue weighted by Gasteiger charge is -2.41. The number of likely N-dealkylation sites (tertiary alicyclic amines) is 2. The molecule has 1 N–H and O–H groups in total. The van der Waals surface area contributed by atoms with Crippen LogP contribution in [0.4, 0.5) is 0 Å². The number of aromatic nitrogens is 3. The first-order chi connectivity index (χ1) is 12.2. The van der Waals surface area contributed by atoms with Gasteiger partial charge in [0.15, 0.2) is 0 Å². The van der Waals surface area contributed by atoms with Crippen molar-refractivity contribution in [3.63, 3.8) is 0 Å². The molecule has 2 atom stereocenters. The van der Waals surface area contributed by atoms with Crippen LogP contribution in [0.3, 0.4) is 0 Å². The molecule has 26 heavy (non-hydrogen) atoms. The Hall–Kier alpha value is -1.96. The van der Waals surface area contributed by atoms with Gasteiger partial charge in [0.05, 0.1) is 18.3 Å². The van der Waals surface area contributed by atoms with Gasteiger partial charge in [-0.05, 0) is 25.2 Å². The smallest absolute Gasteiger partial charge is 0.245 e. The van der Waals surface area contributed by atoms with Gasteiger partial charge >= 0.3 is 0 Å². The minimum absolute atomic E-state index is 0.0388. The fourth-order valence-electron chi connectivity index (χ4n) is 3.55. The molecule has 3 heterocycles. The normalized spacial score (nSPS) is 22.4. The van der Waals surface area contributed by atoms with Crippen molar-refractivity contribution < 1.29 is 14.7 Å². The molecule has 0 aromatic carbocycles. The van der Waals surface area contributed by atoms with Gasteiger partial charge < -0.3 is 14.9 Å². The monoisotopic (exact) mass is 363 g/mol. The lowest BCUT2D eigenvalue weighted by atomic mass is 9.91. The highest BCUT2D eigenvalue weighted by Crippen LogP contribution is 2.29. The van der Waals surface area contributed by atoms with Crippen LogP contribution in [0.1, 0.15) is 64.8 Å². The minimum Gasteiger partial charge on any atom is -0.387 e. The van der Waals surface area contributed by atoms with E-state index in [4.69, 9.17) is 0 Å². The molecule has 144 valence electrons. The Balaban J connectivity index is 1.57. The van der Waals surface area contributed by atoms with Gasteiger partial charge in [-0.1, -0.05) is 26.0 Å². The Morgan fingerprint density at radius 3 is 2.62 bits per heavy atom. The van der Waals surface area contributed by atoms with E-state index in [9.17, 15) is 14.7 Å². The summed E-state index contributed by atoms with van der Waals surface area (Å²) in [5, 5.41) is 17.5. The van der Waals surface area contributed by atoms with Gasteiger partial charge in [0, 0.05) is 26.1 Å². The Morgan fingerprint density at radius 2 is 2.04 bits per heavy atom. The average Bonchev–Trinajstić information content (AvgIpc) is 3.13.